The van der Waals surface area contributed by atoms with Gasteiger partial charge in [-0.15, -0.1) is 0 Å². The number of rotatable bonds is 3. The maximum Gasteiger partial charge on any atom is 0.276 e. The normalized spacial score (nSPS) is 16.8. The van der Waals surface area contributed by atoms with E-state index < -0.39 is 11.8 Å². The summed E-state index contributed by atoms with van der Waals surface area (Å²) >= 11 is 0. The van der Waals surface area contributed by atoms with Crippen molar-refractivity contribution in [3.8, 4) is 5.75 Å². The molecule has 0 aromatic heterocycles. The van der Waals surface area contributed by atoms with E-state index in [1.807, 2.05) is 0 Å². The molecule has 1 nitrogen and oxygen atoms in total. The molecule has 1 saturated carbocycles. The molecule has 1 aliphatic rings. The lowest BCUT2D eigenvalue weighted by molar-refractivity contribution is -0.0285. The second kappa shape index (κ2) is 3.23. The van der Waals surface area contributed by atoms with Gasteiger partial charge in [0.15, 0.2) is 0 Å². The van der Waals surface area contributed by atoms with Gasteiger partial charge in [-0.1, -0.05) is 0 Å². The third-order valence-electron chi connectivity index (χ3n) is 2.56. The Kier molecular flexibility index (Phi) is 2.17. The number of ether oxygens (including phenoxy) is 1. The van der Waals surface area contributed by atoms with E-state index in [2.05, 4.69) is 0 Å². The fraction of sp³-hybridized carbons (Fsp3) is 0.455. The van der Waals surface area contributed by atoms with Crippen LogP contribution in [0.25, 0.3) is 0 Å². The van der Waals surface area contributed by atoms with Crippen molar-refractivity contribution in [3.05, 3.63) is 29.8 Å². The van der Waals surface area contributed by atoms with Crippen molar-refractivity contribution in [1.29, 1.82) is 0 Å². The number of alkyl halides is 2. The highest BCUT2D eigenvalue weighted by Gasteiger charge is 2.47. The summed E-state index contributed by atoms with van der Waals surface area (Å²) in [4.78, 5) is 0. The summed E-state index contributed by atoms with van der Waals surface area (Å²) in [6.45, 7) is 0. The summed E-state index contributed by atoms with van der Waals surface area (Å²) in [5.41, 5.74) is 0.0980. The van der Waals surface area contributed by atoms with E-state index in [9.17, 15) is 8.78 Å². The molecule has 1 aliphatic carbocycles. The van der Waals surface area contributed by atoms with E-state index in [-0.39, 0.29) is 5.56 Å². The average Bonchev–Trinajstić information content (AvgIpc) is 3.01. The average molecular weight is 198 g/mol. The van der Waals surface area contributed by atoms with Crippen LogP contribution in [0.15, 0.2) is 24.3 Å². The first-order valence-electron chi connectivity index (χ1n) is 4.67. The molecule has 1 aromatic carbocycles. The minimum Gasteiger partial charge on any atom is -0.497 e. The topological polar surface area (TPSA) is 9.23 Å². The Bertz CT molecular complexity index is 315. The third-order valence-corrected chi connectivity index (χ3v) is 2.56. The van der Waals surface area contributed by atoms with E-state index in [1.165, 1.54) is 19.2 Å². The van der Waals surface area contributed by atoms with Gasteiger partial charge >= 0.3 is 0 Å². The van der Waals surface area contributed by atoms with Crippen LogP contribution in [0, 0.1) is 5.92 Å². The quantitative estimate of drug-likeness (QED) is 0.724. The number of halogens is 2. The Morgan fingerprint density at radius 2 is 1.79 bits per heavy atom. The Labute approximate surface area is 81.7 Å². The van der Waals surface area contributed by atoms with Crippen molar-refractivity contribution in [2.24, 2.45) is 5.92 Å². The smallest absolute Gasteiger partial charge is 0.276 e. The van der Waals surface area contributed by atoms with Crippen molar-refractivity contribution in [2.75, 3.05) is 7.11 Å². The van der Waals surface area contributed by atoms with Crippen molar-refractivity contribution in [3.63, 3.8) is 0 Å². The molecule has 0 bridgehead atoms. The Hall–Kier alpha value is -1.12. The van der Waals surface area contributed by atoms with Gasteiger partial charge in [-0.25, -0.2) is 8.78 Å². The van der Waals surface area contributed by atoms with Gasteiger partial charge in [-0.05, 0) is 37.1 Å². The molecule has 76 valence electrons. The van der Waals surface area contributed by atoms with Crippen LogP contribution in [0.2, 0.25) is 0 Å². The molecule has 0 heterocycles. The highest BCUT2D eigenvalue weighted by molar-refractivity contribution is 5.30. The monoisotopic (exact) mass is 198 g/mol. The van der Waals surface area contributed by atoms with E-state index in [4.69, 9.17) is 4.74 Å². The van der Waals surface area contributed by atoms with Crippen LogP contribution in [0.5, 0.6) is 5.75 Å². The van der Waals surface area contributed by atoms with Crippen molar-refractivity contribution < 1.29 is 13.5 Å². The zero-order chi connectivity index (χ0) is 10.2. The van der Waals surface area contributed by atoms with Crippen molar-refractivity contribution in [1.82, 2.24) is 0 Å². The predicted molar refractivity (Wildman–Crippen MR) is 49.6 cm³/mol. The summed E-state index contributed by atoms with van der Waals surface area (Å²) in [6, 6.07) is 6.03. The fourth-order valence-corrected chi connectivity index (χ4v) is 1.49. The summed E-state index contributed by atoms with van der Waals surface area (Å²) in [6.07, 6.45) is 1.28. The van der Waals surface area contributed by atoms with Crippen LogP contribution in [-0.2, 0) is 5.92 Å². The Morgan fingerprint density at radius 1 is 1.21 bits per heavy atom. The molecule has 0 amide bonds. The van der Waals surface area contributed by atoms with Crippen LogP contribution in [-0.4, -0.2) is 7.11 Å². The third kappa shape index (κ3) is 1.59. The summed E-state index contributed by atoms with van der Waals surface area (Å²) in [5.74, 6) is -2.50. The molecule has 14 heavy (non-hydrogen) atoms. The number of hydrogen-bond acceptors (Lipinski definition) is 1. The summed E-state index contributed by atoms with van der Waals surface area (Å²) in [7, 11) is 1.52. The van der Waals surface area contributed by atoms with E-state index >= 15 is 0 Å². The van der Waals surface area contributed by atoms with Crippen LogP contribution < -0.4 is 4.74 Å². The standard InChI is InChI=1S/C11H12F2O/c1-14-10-6-4-9(5-7-10)11(12,13)8-2-3-8/h4-8H,2-3H2,1H3. The Morgan fingerprint density at radius 3 is 2.21 bits per heavy atom. The number of hydrogen-bond donors (Lipinski definition) is 0. The summed E-state index contributed by atoms with van der Waals surface area (Å²) in [5, 5.41) is 0. The van der Waals surface area contributed by atoms with Crippen molar-refractivity contribution in [2.45, 2.75) is 18.8 Å². The number of benzene rings is 1. The molecule has 2 rings (SSSR count). The van der Waals surface area contributed by atoms with Crippen LogP contribution in [0.3, 0.4) is 0 Å². The van der Waals surface area contributed by atoms with Crippen LogP contribution >= 0.6 is 0 Å². The fourth-order valence-electron chi connectivity index (χ4n) is 1.49. The first-order valence-corrected chi connectivity index (χ1v) is 4.67. The molecular weight excluding hydrogens is 186 g/mol. The minimum atomic E-state index is -2.66. The van der Waals surface area contributed by atoms with E-state index in [1.54, 1.807) is 12.1 Å². The minimum absolute atomic E-state index is 0.0980. The van der Waals surface area contributed by atoms with Gasteiger partial charge in [0.25, 0.3) is 5.92 Å². The van der Waals surface area contributed by atoms with Gasteiger partial charge < -0.3 is 4.74 Å². The zero-order valence-electron chi connectivity index (χ0n) is 7.97. The van der Waals surface area contributed by atoms with Gasteiger partial charge in [0.2, 0.25) is 0 Å². The van der Waals surface area contributed by atoms with Crippen LogP contribution in [0.1, 0.15) is 18.4 Å². The second-order valence-corrected chi connectivity index (χ2v) is 3.63. The molecule has 0 unspecified atom stereocenters. The molecular formula is C11H12F2O. The molecule has 0 spiro atoms. The SMILES string of the molecule is COc1ccc(C(F)(F)C2CC2)cc1. The second-order valence-electron chi connectivity index (χ2n) is 3.63. The molecule has 0 radical (unpaired) electrons. The number of methoxy groups -OCH3 is 1. The van der Waals surface area contributed by atoms with Gasteiger partial charge in [-0.2, -0.15) is 0 Å². The maximum atomic E-state index is 13.5. The maximum absolute atomic E-state index is 13.5. The highest BCUT2D eigenvalue weighted by Crippen LogP contribution is 2.49. The summed E-state index contributed by atoms with van der Waals surface area (Å²) < 4.78 is 32.0. The molecule has 0 atom stereocenters. The van der Waals surface area contributed by atoms with Gasteiger partial charge in [0.05, 0.1) is 7.11 Å². The van der Waals surface area contributed by atoms with Gasteiger partial charge in [-0.3, -0.25) is 0 Å². The first kappa shape index (κ1) is 9.44. The van der Waals surface area contributed by atoms with Gasteiger partial charge in [0, 0.05) is 11.5 Å². The Balaban J connectivity index is 2.23. The molecule has 0 saturated heterocycles. The lowest BCUT2D eigenvalue weighted by atomic mass is 10.0. The van der Waals surface area contributed by atoms with Crippen molar-refractivity contribution >= 4 is 0 Å². The first-order chi connectivity index (χ1) is 6.64. The molecule has 3 heteroatoms. The molecule has 0 aliphatic heterocycles. The lowest BCUT2D eigenvalue weighted by Crippen LogP contribution is -2.15. The molecule has 1 aromatic rings. The predicted octanol–water partition coefficient (Wildman–Crippen LogP) is 3.20. The van der Waals surface area contributed by atoms with E-state index in [0.29, 0.717) is 18.6 Å². The largest absolute Gasteiger partial charge is 0.497 e. The van der Waals surface area contributed by atoms with E-state index in [0.717, 1.165) is 0 Å². The van der Waals surface area contributed by atoms with Gasteiger partial charge in [0.1, 0.15) is 5.75 Å². The lowest BCUT2D eigenvalue weighted by Gasteiger charge is -2.15. The zero-order valence-corrected chi connectivity index (χ0v) is 7.97. The highest BCUT2D eigenvalue weighted by atomic mass is 19.3. The molecule has 1 fully saturated rings. The van der Waals surface area contributed by atoms with Crippen LogP contribution in [0.4, 0.5) is 8.78 Å². The molecule has 0 N–H and O–H groups in total.